The van der Waals surface area contributed by atoms with Crippen molar-refractivity contribution >= 4 is 34.0 Å². The number of para-hydroxylation sites is 2. The van der Waals surface area contributed by atoms with E-state index in [-0.39, 0.29) is 29.5 Å². The Morgan fingerprint density at radius 2 is 1.74 bits per heavy atom. The van der Waals surface area contributed by atoms with Crippen molar-refractivity contribution in [2.24, 2.45) is 0 Å². The van der Waals surface area contributed by atoms with Crippen LogP contribution < -0.4 is 5.62 Å². The molecule has 6 nitrogen and oxygen atoms in total. The summed E-state index contributed by atoms with van der Waals surface area (Å²) in [5, 5.41) is 8.40. The van der Waals surface area contributed by atoms with Crippen LogP contribution in [0.5, 0.6) is 0 Å². The van der Waals surface area contributed by atoms with Crippen LogP contribution in [0.3, 0.4) is 0 Å². The number of halogens is 1. The number of ether oxygens (including phenoxy) is 1. The van der Waals surface area contributed by atoms with E-state index in [1.165, 1.54) is 7.11 Å². The number of hydrogen-bond donors (Lipinski definition) is 1. The highest BCUT2D eigenvalue weighted by atomic mass is 79.9. The number of nitrogens with zero attached hydrogens (tertiary/aromatic N) is 3. The first-order valence-corrected chi connectivity index (χ1v) is 7.64. The summed E-state index contributed by atoms with van der Waals surface area (Å²) >= 11 is 0. The van der Waals surface area contributed by atoms with E-state index in [0.717, 1.165) is 37.2 Å². The lowest BCUT2D eigenvalue weighted by molar-refractivity contribution is -0.141. The first-order chi connectivity index (χ1) is 10.6. The van der Waals surface area contributed by atoms with E-state index < -0.39 is 0 Å². The maximum Gasteiger partial charge on any atom is 0.325 e. The Kier molecular flexibility index (Phi) is 7.51. The van der Waals surface area contributed by atoms with Gasteiger partial charge in [-0.15, -0.1) is 17.0 Å². The van der Waals surface area contributed by atoms with Gasteiger partial charge in [-0.3, -0.25) is 14.8 Å². The van der Waals surface area contributed by atoms with Crippen molar-refractivity contribution in [3.05, 3.63) is 29.9 Å². The predicted octanol–water partition coefficient (Wildman–Crippen LogP) is 2.01. The van der Waals surface area contributed by atoms with Gasteiger partial charge in [0.2, 0.25) is 5.62 Å². The van der Waals surface area contributed by atoms with Crippen molar-refractivity contribution in [3.8, 4) is 0 Å². The number of carbonyl (C=O) groups is 1. The number of carbonyl (C=O) groups excluding carboxylic acids is 1. The van der Waals surface area contributed by atoms with Crippen LogP contribution in [0, 0.1) is 5.41 Å². The summed E-state index contributed by atoms with van der Waals surface area (Å²) in [5.74, 6) is -0.342. The van der Waals surface area contributed by atoms with Gasteiger partial charge in [0.15, 0.2) is 0 Å². The summed E-state index contributed by atoms with van der Waals surface area (Å²) < 4.78 is 8.39. The van der Waals surface area contributed by atoms with E-state index in [4.69, 9.17) is 10.1 Å². The van der Waals surface area contributed by atoms with Gasteiger partial charge in [-0.1, -0.05) is 26.0 Å². The Bertz CT molecular complexity index is 704. The Labute approximate surface area is 146 Å². The van der Waals surface area contributed by atoms with Gasteiger partial charge in [-0.25, -0.2) is 0 Å². The number of aromatic nitrogens is 2. The van der Waals surface area contributed by atoms with Crippen LogP contribution in [0.4, 0.5) is 0 Å². The third kappa shape index (κ3) is 4.23. The SMILES string of the molecule is Br.CCN(CC)CCn1c(=N)n(CC(=O)OC)c2ccccc21. The molecule has 0 atom stereocenters. The Morgan fingerprint density at radius 3 is 2.26 bits per heavy atom. The molecule has 0 aliphatic heterocycles. The smallest absolute Gasteiger partial charge is 0.325 e. The number of rotatable bonds is 7. The van der Waals surface area contributed by atoms with E-state index in [0.29, 0.717) is 5.62 Å². The first kappa shape index (κ1) is 19.4. The zero-order valence-corrected chi connectivity index (χ0v) is 15.6. The first-order valence-electron chi connectivity index (χ1n) is 7.64. The second-order valence-electron chi connectivity index (χ2n) is 5.15. The molecule has 0 saturated carbocycles. The highest BCUT2D eigenvalue weighted by Crippen LogP contribution is 2.13. The van der Waals surface area contributed by atoms with Crippen LogP contribution in [0.1, 0.15) is 13.8 Å². The molecule has 0 aliphatic rings. The molecule has 0 saturated heterocycles. The van der Waals surface area contributed by atoms with Crippen LogP contribution in [-0.4, -0.2) is 46.7 Å². The molecule has 23 heavy (non-hydrogen) atoms. The van der Waals surface area contributed by atoms with Gasteiger partial charge in [0.05, 0.1) is 18.1 Å². The van der Waals surface area contributed by atoms with E-state index in [9.17, 15) is 4.79 Å². The fraction of sp³-hybridized carbons (Fsp3) is 0.500. The van der Waals surface area contributed by atoms with E-state index in [1.807, 2.05) is 28.8 Å². The quantitative estimate of drug-likeness (QED) is 0.742. The predicted molar refractivity (Wildman–Crippen MR) is 95.9 cm³/mol. The monoisotopic (exact) mass is 384 g/mol. The van der Waals surface area contributed by atoms with E-state index in [2.05, 4.69) is 18.7 Å². The average molecular weight is 385 g/mol. The molecule has 2 rings (SSSR count). The van der Waals surface area contributed by atoms with Gasteiger partial charge in [0, 0.05) is 13.1 Å². The second kappa shape index (κ2) is 8.88. The number of nitrogens with one attached hydrogen (secondary N) is 1. The largest absolute Gasteiger partial charge is 0.468 e. The topological polar surface area (TPSA) is 63.2 Å². The Balaban J connectivity index is 0.00000264. The van der Waals surface area contributed by atoms with Crippen LogP contribution >= 0.6 is 17.0 Å². The molecule has 7 heteroatoms. The van der Waals surface area contributed by atoms with Crippen molar-refractivity contribution in [2.45, 2.75) is 26.9 Å². The minimum absolute atomic E-state index is 0. The molecule has 1 aromatic carbocycles. The fourth-order valence-electron chi connectivity index (χ4n) is 2.66. The van der Waals surface area contributed by atoms with Gasteiger partial charge >= 0.3 is 5.97 Å². The molecule has 0 amide bonds. The molecule has 128 valence electrons. The van der Waals surface area contributed by atoms with Gasteiger partial charge in [0.1, 0.15) is 6.54 Å². The highest BCUT2D eigenvalue weighted by Gasteiger charge is 2.13. The van der Waals surface area contributed by atoms with Crippen molar-refractivity contribution in [3.63, 3.8) is 0 Å². The maximum absolute atomic E-state index is 11.6. The third-order valence-corrected chi connectivity index (χ3v) is 4.02. The lowest BCUT2D eigenvalue weighted by Crippen LogP contribution is -2.32. The molecule has 2 aromatic rings. The molecule has 1 aromatic heterocycles. The summed E-state index contributed by atoms with van der Waals surface area (Å²) in [5.41, 5.74) is 2.19. The molecule has 0 spiro atoms. The number of fused-ring (bicyclic) bond motifs is 1. The molecule has 0 bridgehead atoms. The summed E-state index contributed by atoms with van der Waals surface area (Å²) in [4.78, 5) is 13.9. The van der Waals surface area contributed by atoms with Crippen molar-refractivity contribution in [2.75, 3.05) is 26.7 Å². The summed E-state index contributed by atoms with van der Waals surface area (Å²) in [7, 11) is 1.37. The normalized spacial score (nSPS) is 10.8. The minimum atomic E-state index is -0.342. The molecular weight excluding hydrogens is 360 g/mol. The van der Waals surface area contributed by atoms with Gasteiger partial charge < -0.3 is 14.2 Å². The van der Waals surface area contributed by atoms with Crippen LogP contribution in [0.15, 0.2) is 24.3 Å². The van der Waals surface area contributed by atoms with E-state index in [1.54, 1.807) is 4.57 Å². The number of likely N-dealkylation sites (N-methyl/N-ethyl adjacent to an activating group) is 1. The number of hydrogen-bond acceptors (Lipinski definition) is 4. The molecule has 0 unspecified atom stereocenters. The van der Waals surface area contributed by atoms with Gasteiger partial charge in [0.25, 0.3) is 0 Å². The zero-order valence-electron chi connectivity index (χ0n) is 13.9. The van der Waals surface area contributed by atoms with Crippen molar-refractivity contribution < 1.29 is 9.53 Å². The summed E-state index contributed by atoms with van der Waals surface area (Å²) in [6.07, 6.45) is 0. The molecule has 0 aliphatic carbocycles. The van der Waals surface area contributed by atoms with Gasteiger partial charge in [-0.05, 0) is 25.2 Å². The average Bonchev–Trinajstić information content (AvgIpc) is 2.81. The minimum Gasteiger partial charge on any atom is -0.468 e. The molecule has 0 fully saturated rings. The number of methoxy groups -OCH3 is 1. The van der Waals surface area contributed by atoms with E-state index >= 15 is 0 Å². The maximum atomic E-state index is 11.6. The molecule has 1 N–H and O–H groups in total. The second-order valence-corrected chi connectivity index (χ2v) is 5.15. The number of esters is 1. The highest BCUT2D eigenvalue weighted by molar-refractivity contribution is 8.93. The standard InChI is InChI=1S/C16H24N4O2.BrH/c1-4-18(5-2)10-11-19-13-8-6-7-9-14(13)20(16(19)17)12-15(21)22-3;/h6-9,17H,4-5,10-12H2,1-3H3;1H. The number of benzene rings is 1. The summed E-state index contributed by atoms with van der Waals surface area (Å²) in [6.45, 7) is 7.93. The zero-order chi connectivity index (χ0) is 16.1. The molecule has 0 radical (unpaired) electrons. The van der Waals surface area contributed by atoms with Crippen molar-refractivity contribution in [1.29, 1.82) is 5.41 Å². The van der Waals surface area contributed by atoms with Crippen molar-refractivity contribution in [1.82, 2.24) is 14.0 Å². The molecule has 1 heterocycles. The van der Waals surface area contributed by atoms with Crippen LogP contribution in [0.25, 0.3) is 11.0 Å². The third-order valence-electron chi connectivity index (χ3n) is 4.02. The Morgan fingerprint density at radius 1 is 1.17 bits per heavy atom. The Hall–Kier alpha value is -1.60. The lowest BCUT2D eigenvalue weighted by Gasteiger charge is -2.18. The van der Waals surface area contributed by atoms with Crippen LogP contribution in [0.2, 0.25) is 0 Å². The van der Waals surface area contributed by atoms with Gasteiger partial charge in [-0.2, -0.15) is 0 Å². The fourth-order valence-corrected chi connectivity index (χ4v) is 2.66. The lowest BCUT2D eigenvalue weighted by atomic mass is 10.3. The molecular formula is C16H25BrN4O2. The van der Waals surface area contributed by atoms with Crippen LogP contribution in [-0.2, 0) is 22.6 Å². The summed E-state index contributed by atoms with van der Waals surface area (Å²) in [6, 6.07) is 7.80. The number of imidazole rings is 1.